The Morgan fingerprint density at radius 3 is 2.67 bits per heavy atom. The summed E-state index contributed by atoms with van der Waals surface area (Å²) in [4.78, 5) is 12.5. The standard InChI is InChI=1S/C10H20N2O3/c1-10(2,3)7-12(9(13)14)8-6-11-4-5-15-8/h8,11H,4-7H2,1-3H3,(H,13,14). The predicted molar refractivity (Wildman–Crippen MR) is 56.8 cm³/mol. The third kappa shape index (κ3) is 4.05. The predicted octanol–water partition coefficient (Wildman–Crippen LogP) is 0.958. The van der Waals surface area contributed by atoms with Crippen molar-refractivity contribution in [2.24, 2.45) is 5.41 Å². The first kappa shape index (κ1) is 12.3. The van der Waals surface area contributed by atoms with E-state index in [2.05, 4.69) is 5.32 Å². The van der Waals surface area contributed by atoms with Crippen molar-refractivity contribution < 1.29 is 14.6 Å². The number of ether oxygens (including phenoxy) is 1. The molecule has 1 fully saturated rings. The first-order valence-corrected chi connectivity index (χ1v) is 5.22. The molecule has 0 aromatic rings. The lowest BCUT2D eigenvalue weighted by atomic mass is 9.96. The van der Waals surface area contributed by atoms with Crippen LogP contribution in [0.1, 0.15) is 20.8 Å². The van der Waals surface area contributed by atoms with Crippen LogP contribution in [0.15, 0.2) is 0 Å². The van der Waals surface area contributed by atoms with Crippen molar-refractivity contribution in [3.8, 4) is 0 Å². The molecule has 2 N–H and O–H groups in total. The topological polar surface area (TPSA) is 61.8 Å². The van der Waals surface area contributed by atoms with Gasteiger partial charge in [-0.3, -0.25) is 4.90 Å². The van der Waals surface area contributed by atoms with E-state index in [9.17, 15) is 4.79 Å². The zero-order valence-electron chi connectivity index (χ0n) is 9.62. The molecular formula is C10H20N2O3. The van der Waals surface area contributed by atoms with Crippen LogP contribution in [0.2, 0.25) is 0 Å². The van der Waals surface area contributed by atoms with Crippen LogP contribution < -0.4 is 5.32 Å². The number of carboxylic acid groups (broad SMARTS) is 1. The fraction of sp³-hybridized carbons (Fsp3) is 0.900. The lowest BCUT2D eigenvalue weighted by Crippen LogP contribution is -2.53. The van der Waals surface area contributed by atoms with Gasteiger partial charge < -0.3 is 15.2 Å². The molecule has 5 nitrogen and oxygen atoms in total. The van der Waals surface area contributed by atoms with Gasteiger partial charge in [0.2, 0.25) is 0 Å². The summed E-state index contributed by atoms with van der Waals surface area (Å²) < 4.78 is 5.43. The summed E-state index contributed by atoms with van der Waals surface area (Å²) in [5, 5.41) is 12.2. The molecule has 1 aliphatic heterocycles. The average molecular weight is 216 g/mol. The summed E-state index contributed by atoms with van der Waals surface area (Å²) in [6.45, 7) is 8.45. The highest BCUT2D eigenvalue weighted by Crippen LogP contribution is 2.18. The van der Waals surface area contributed by atoms with Crippen LogP contribution in [0.3, 0.4) is 0 Å². The Morgan fingerprint density at radius 2 is 2.27 bits per heavy atom. The lowest BCUT2D eigenvalue weighted by Gasteiger charge is -2.36. The van der Waals surface area contributed by atoms with E-state index in [1.807, 2.05) is 20.8 Å². The van der Waals surface area contributed by atoms with Crippen molar-refractivity contribution in [1.29, 1.82) is 0 Å². The second-order valence-electron chi connectivity index (χ2n) is 5.00. The van der Waals surface area contributed by atoms with Gasteiger partial charge in [-0.15, -0.1) is 0 Å². The average Bonchev–Trinajstić information content (AvgIpc) is 2.14. The molecule has 1 rings (SSSR count). The number of amides is 1. The van der Waals surface area contributed by atoms with Crippen LogP contribution in [-0.2, 0) is 4.74 Å². The van der Waals surface area contributed by atoms with Crippen LogP contribution in [0, 0.1) is 5.41 Å². The molecule has 1 heterocycles. The maximum Gasteiger partial charge on any atom is 0.409 e. The molecule has 0 radical (unpaired) electrons. The second-order valence-corrected chi connectivity index (χ2v) is 5.00. The highest BCUT2D eigenvalue weighted by Gasteiger charge is 2.29. The third-order valence-electron chi connectivity index (χ3n) is 2.15. The molecule has 1 amide bonds. The van der Waals surface area contributed by atoms with Gasteiger partial charge in [0.15, 0.2) is 0 Å². The van der Waals surface area contributed by atoms with Crippen LogP contribution in [0.25, 0.3) is 0 Å². The number of hydrogen-bond acceptors (Lipinski definition) is 3. The van der Waals surface area contributed by atoms with Gasteiger partial charge in [-0.05, 0) is 5.41 Å². The minimum atomic E-state index is -0.918. The summed E-state index contributed by atoms with van der Waals surface area (Å²) in [6, 6.07) is 0. The minimum Gasteiger partial charge on any atom is -0.465 e. The molecular weight excluding hydrogens is 196 g/mol. The Hall–Kier alpha value is -0.810. The molecule has 1 aliphatic rings. The van der Waals surface area contributed by atoms with Crippen molar-refractivity contribution in [3.05, 3.63) is 0 Å². The van der Waals surface area contributed by atoms with Gasteiger partial charge in [-0.1, -0.05) is 20.8 Å². The molecule has 1 atom stereocenters. The summed E-state index contributed by atoms with van der Waals surface area (Å²) in [6.07, 6.45) is -1.27. The Morgan fingerprint density at radius 1 is 1.60 bits per heavy atom. The maximum atomic E-state index is 11.1. The summed E-state index contributed by atoms with van der Waals surface area (Å²) in [7, 11) is 0. The second kappa shape index (κ2) is 4.81. The number of rotatable bonds is 2. The lowest BCUT2D eigenvalue weighted by molar-refractivity contribution is -0.0721. The molecule has 0 aromatic carbocycles. The van der Waals surface area contributed by atoms with Crippen molar-refractivity contribution in [2.75, 3.05) is 26.2 Å². The normalized spacial score (nSPS) is 22.5. The number of nitrogens with zero attached hydrogens (tertiary/aromatic N) is 1. The fourth-order valence-electron chi connectivity index (χ4n) is 1.56. The van der Waals surface area contributed by atoms with Crippen LogP contribution in [0.5, 0.6) is 0 Å². The number of morpholine rings is 1. The van der Waals surface area contributed by atoms with E-state index in [1.54, 1.807) is 0 Å². The van der Waals surface area contributed by atoms with Crippen LogP contribution in [0.4, 0.5) is 4.79 Å². The van der Waals surface area contributed by atoms with Gasteiger partial charge in [0.1, 0.15) is 6.23 Å². The van der Waals surface area contributed by atoms with E-state index in [0.717, 1.165) is 6.54 Å². The summed E-state index contributed by atoms with van der Waals surface area (Å²) in [5.41, 5.74) is -0.0564. The monoisotopic (exact) mass is 216 g/mol. The summed E-state index contributed by atoms with van der Waals surface area (Å²) >= 11 is 0. The van der Waals surface area contributed by atoms with Crippen LogP contribution in [-0.4, -0.2) is 48.6 Å². The number of carbonyl (C=O) groups is 1. The minimum absolute atomic E-state index is 0.0564. The maximum absolute atomic E-state index is 11.1. The molecule has 5 heteroatoms. The smallest absolute Gasteiger partial charge is 0.409 e. The Balaban J connectivity index is 2.60. The quantitative estimate of drug-likeness (QED) is 0.721. The third-order valence-corrected chi connectivity index (χ3v) is 2.15. The SMILES string of the molecule is CC(C)(C)CN(C(=O)O)C1CNCCO1. The molecule has 0 aliphatic carbocycles. The van der Waals surface area contributed by atoms with Crippen molar-refractivity contribution in [3.63, 3.8) is 0 Å². The van der Waals surface area contributed by atoms with Crippen molar-refractivity contribution in [2.45, 2.75) is 27.0 Å². The Labute approximate surface area is 90.4 Å². The van der Waals surface area contributed by atoms with E-state index in [0.29, 0.717) is 19.7 Å². The first-order chi connectivity index (χ1) is 6.90. The molecule has 15 heavy (non-hydrogen) atoms. The highest BCUT2D eigenvalue weighted by atomic mass is 16.5. The fourth-order valence-corrected chi connectivity index (χ4v) is 1.56. The van der Waals surface area contributed by atoms with E-state index in [-0.39, 0.29) is 11.6 Å². The zero-order valence-corrected chi connectivity index (χ0v) is 9.62. The van der Waals surface area contributed by atoms with Gasteiger partial charge >= 0.3 is 6.09 Å². The van der Waals surface area contributed by atoms with E-state index in [4.69, 9.17) is 9.84 Å². The molecule has 88 valence electrons. The first-order valence-electron chi connectivity index (χ1n) is 5.22. The molecule has 1 saturated heterocycles. The summed E-state index contributed by atoms with van der Waals surface area (Å²) in [5.74, 6) is 0. The van der Waals surface area contributed by atoms with E-state index >= 15 is 0 Å². The van der Waals surface area contributed by atoms with Gasteiger partial charge in [-0.25, -0.2) is 4.79 Å². The molecule has 0 spiro atoms. The molecule has 1 unspecified atom stereocenters. The molecule has 0 aromatic heterocycles. The molecule has 0 saturated carbocycles. The van der Waals surface area contributed by atoms with Gasteiger partial charge in [-0.2, -0.15) is 0 Å². The van der Waals surface area contributed by atoms with Crippen molar-refractivity contribution >= 4 is 6.09 Å². The largest absolute Gasteiger partial charge is 0.465 e. The van der Waals surface area contributed by atoms with Crippen LogP contribution >= 0.6 is 0 Å². The van der Waals surface area contributed by atoms with E-state index in [1.165, 1.54) is 4.90 Å². The number of nitrogens with one attached hydrogen (secondary N) is 1. The van der Waals surface area contributed by atoms with Gasteiger partial charge in [0, 0.05) is 19.6 Å². The van der Waals surface area contributed by atoms with Gasteiger partial charge in [0.05, 0.1) is 6.61 Å². The molecule has 0 bridgehead atoms. The van der Waals surface area contributed by atoms with Crippen molar-refractivity contribution in [1.82, 2.24) is 10.2 Å². The number of hydrogen-bond donors (Lipinski definition) is 2. The van der Waals surface area contributed by atoms with E-state index < -0.39 is 6.09 Å². The Bertz CT molecular complexity index is 219. The highest BCUT2D eigenvalue weighted by molar-refractivity contribution is 5.65. The Kier molecular flexibility index (Phi) is 3.93. The zero-order chi connectivity index (χ0) is 11.5. The van der Waals surface area contributed by atoms with Gasteiger partial charge in [0.25, 0.3) is 0 Å².